The van der Waals surface area contributed by atoms with E-state index in [9.17, 15) is 13.2 Å². The maximum Gasteiger partial charge on any atom is 0.255 e. The fourth-order valence-corrected chi connectivity index (χ4v) is 5.09. The van der Waals surface area contributed by atoms with Crippen molar-refractivity contribution in [1.82, 2.24) is 9.62 Å². The molecule has 0 aromatic heterocycles. The first-order valence-electron chi connectivity index (χ1n) is 10.1. The van der Waals surface area contributed by atoms with E-state index in [2.05, 4.69) is 5.32 Å². The van der Waals surface area contributed by atoms with Gasteiger partial charge in [0.15, 0.2) is 11.5 Å². The molecule has 0 bridgehead atoms. The number of ether oxygens (including phenoxy) is 3. The molecule has 168 valence electrons. The fourth-order valence-electron chi connectivity index (χ4n) is 3.55. The molecule has 2 aromatic rings. The van der Waals surface area contributed by atoms with Gasteiger partial charge in [-0.1, -0.05) is 12.5 Å². The molecule has 3 rings (SSSR count). The summed E-state index contributed by atoms with van der Waals surface area (Å²) >= 11 is 0. The third-order valence-corrected chi connectivity index (χ3v) is 7.16. The number of amides is 1. The zero-order valence-electron chi connectivity index (χ0n) is 18.0. The molecule has 1 amide bonds. The number of piperidine rings is 1. The highest BCUT2D eigenvalue weighted by atomic mass is 32.2. The van der Waals surface area contributed by atoms with E-state index in [0.29, 0.717) is 30.3 Å². The van der Waals surface area contributed by atoms with Gasteiger partial charge in [-0.3, -0.25) is 4.79 Å². The van der Waals surface area contributed by atoms with Crippen molar-refractivity contribution >= 4 is 15.9 Å². The lowest BCUT2D eigenvalue weighted by molar-refractivity contribution is 0.0947. The van der Waals surface area contributed by atoms with Gasteiger partial charge in [0.25, 0.3) is 5.91 Å². The Morgan fingerprint density at radius 2 is 1.55 bits per heavy atom. The van der Waals surface area contributed by atoms with Gasteiger partial charge in [-0.2, -0.15) is 4.31 Å². The standard InChI is InChI=1S/C22H28N2O6S/c1-28-19-10-8-17(31(26,27)24-11-5-4-6-12-24)14-18(19)22(25)23-15-16-7-9-20(29-2)21(13-16)30-3/h7-10,13-14H,4-6,11-12,15H2,1-3H3,(H,23,25). The Morgan fingerprint density at radius 1 is 0.903 bits per heavy atom. The highest BCUT2D eigenvalue weighted by molar-refractivity contribution is 7.89. The summed E-state index contributed by atoms with van der Waals surface area (Å²) in [6.07, 6.45) is 2.71. The first-order valence-corrected chi connectivity index (χ1v) is 11.5. The van der Waals surface area contributed by atoms with E-state index < -0.39 is 15.9 Å². The minimum Gasteiger partial charge on any atom is -0.496 e. The Balaban J connectivity index is 1.81. The molecule has 0 aliphatic carbocycles. The zero-order valence-corrected chi connectivity index (χ0v) is 18.8. The summed E-state index contributed by atoms with van der Waals surface area (Å²) in [6.45, 7) is 1.22. The predicted molar refractivity (Wildman–Crippen MR) is 116 cm³/mol. The largest absolute Gasteiger partial charge is 0.496 e. The third kappa shape index (κ3) is 5.11. The van der Waals surface area contributed by atoms with Crippen molar-refractivity contribution in [3.05, 3.63) is 47.5 Å². The minimum atomic E-state index is -3.66. The van der Waals surface area contributed by atoms with Crippen molar-refractivity contribution in [2.24, 2.45) is 0 Å². The van der Waals surface area contributed by atoms with Crippen LogP contribution in [0.25, 0.3) is 0 Å². The van der Waals surface area contributed by atoms with Crippen molar-refractivity contribution in [2.75, 3.05) is 34.4 Å². The van der Waals surface area contributed by atoms with Crippen LogP contribution in [0.3, 0.4) is 0 Å². The van der Waals surface area contributed by atoms with Crippen molar-refractivity contribution < 1.29 is 27.4 Å². The van der Waals surface area contributed by atoms with Gasteiger partial charge in [0.1, 0.15) is 5.75 Å². The summed E-state index contributed by atoms with van der Waals surface area (Å²) in [5.41, 5.74) is 0.975. The molecule has 1 aliphatic rings. The van der Waals surface area contributed by atoms with E-state index in [-0.39, 0.29) is 17.0 Å². The molecule has 0 saturated carbocycles. The maximum absolute atomic E-state index is 13.0. The third-order valence-electron chi connectivity index (χ3n) is 5.27. The summed E-state index contributed by atoms with van der Waals surface area (Å²) < 4.78 is 43.3. The Labute approximate surface area is 183 Å². The Bertz CT molecular complexity index is 1030. The first-order chi connectivity index (χ1) is 14.9. The van der Waals surface area contributed by atoms with Crippen molar-refractivity contribution in [2.45, 2.75) is 30.7 Å². The molecule has 0 atom stereocenters. The number of carbonyl (C=O) groups excluding carboxylic acids is 1. The summed E-state index contributed by atoms with van der Waals surface area (Å²) in [5.74, 6) is 1.03. The van der Waals surface area contributed by atoms with Crippen LogP contribution in [0.15, 0.2) is 41.3 Å². The lowest BCUT2D eigenvalue weighted by atomic mass is 10.1. The number of carbonyl (C=O) groups is 1. The lowest BCUT2D eigenvalue weighted by Crippen LogP contribution is -2.35. The molecule has 2 aromatic carbocycles. The van der Waals surface area contributed by atoms with Gasteiger partial charge in [0, 0.05) is 19.6 Å². The summed E-state index contributed by atoms with van der Waals surface area (Å²) in [4.78, 5) is 13.0. The lowest BCUT2D eigenvalue weighted by Gasteiger charge is -2.26. The summed E-state index contributed by atoms with van der Waals surface area (Å²) in [7, 11) is 0.877. The van der Waals surface area contributed by atoms with E-state index >= 15 is 0 Å². The molecule has 0 unspecified atom stereocenters. The van der Waals surface area contributed by atoms with E-state index in [4.69, 9.17) is 14.2 Å². The number of nitrogens with zero attached hydrogens (tertiary/aromatic N) is 1. The van der Waals surface area contributed by atoms with Gasteiger partial charge >= 0.3 is 0 Å². The average Bonchev–Trinajstić information content (AvgIpc) is 2.82. The maximum atomic E-state index is 13.0. The van der Waals surface area contributed by atoms with E-state index in [1.165, 1.54) is 29.6 Å². The molecule has 1 N–H and O–H groups in total. The highest BCUT2D eigenvalue weighted by Crippen LogP contribution is 2.28. The second-order valence-electron chi connectivity index (χ2n) is 7.20. The van der Waals surface area contributed by atoms with Gasteiger partial charge in [0.05, 0.1) is 31.8 Å². The van der Waals surface area contributed by atoms with E-state index in [0.717, 1.165) is 24.8 Å². The predicted octanol–water partition coefficient (Wildman–Crippen LogP) is 2.82. The second kappa shape index (κ2) is 10.0. The normalized spacial score (nSPS) is 14.7. The quantitative estimate of drug-likeness (QED) is 0.667. The molecule has 0 spiro atoms. The summed E-state index contributed by atoms with van der Waals surface area (Å²) in [5, 5.41) is 2.81. The second-order valence-corrected chi connectivity index (χ2v) is 9.14. The first kappa shape index (κ1) is 22.9. The molecule has 1 aliphatic heterocycles. The Morgan fingerprint density at radius 3 is 2.19 bits per heavy atom. The number of methoxy groups -OCH3 is 3. The smallest absolute Gasteiger partial charge is 0.255 e. The van der Waals surface area contributed by atoms with Crippen LogP contribution in [0.5, 0.6) is 17.2 Å². The Kier molecular flexibility index (Phi) is 7.40. The molecule has 0 radical (unpaired) electrons. The molecular weight excluding hydrogens is 420 g/mol. The molecule has 9 heteroatoms. The molecule has 31 heavy (non-hydrogen) atoms. The van der Waals surface area contributed by atoms with E-state index in [1.807, 2.05) is 6.07 Å². The van der Waals surface area contributed by atoms with Crippen LogP contribution in [-0.2, 0) is 16.6 Å². The molecule has 8 nitrogen and oxygen atoms in total. The van der Waals surface area contributed by atoms with Crippen molar-refractivity contribution in [3.8, 4) is 17.2 Å². The number of hydrogen-bond donors (Lipinski definition) is 1. The minimum absolute atomic E-state index is 0.0893. The van der Waals surface area contributed by atoms with Crippen LogP contribution in [0.1, 0.15) is 35.2 Å². The number of hydrogen-bond acceptors (Lipinski definition) is 6. The van der Waals surface area contributed by atoms with Crippen LogP contribution < -0.4 is 19.5 Å². The van der Waals surface area contributed by atoms with Crippen LogP contribution in [0.4, 0.5) is 0 Å². The number of nitrogens with one attached hydrogen (secondary N) is 1. The average molecular weight is 449 g/mol. The van der Waals surface area contributed by atoms with Crippen LogP contribution in [-0.4, -0.2) is 53.0 Å². The van der Waals surface area contributed by atoms with Crippen LogP contribution in [0, 0.1) is 0 Å². The summed E-state index contributed by atoms with van der Waals surface area (Å²) in [6, 6.07) is 9.72. The molecular formula is C22H28N2O6S. The number of benzene rings is 2. The molecule has 1 saturated heterocycles. The van der Waals surface area contributed by atoms with Crippen molar-refractivity contribution in [1.29, 1.82) is 0 Å². The fraction of sp³-hybridized carbons (Fsp3) is 0.409. The van der Waals surface area contributed by atoms with Crippen LogP contribution in [0.2, 0.25) is 0 Å². The Hall–Kier alpha value is -2.78. The van der Waals surface area contributed by atoms with Crippen molar-refractivity contribution in [3.63, 3.8) is 0 Å². The van der Waals surface area contributed by atoms with Gasteiger partial charge in [-0.25, -0.2) is 8.42 Å². The number of rotatable bonds is 8. The monoisotopic (exact) mass is 448 g/mol. The SMILES string of the molecule is COc1ccc(CNC(=O)c2cc(S(=O)(=O)N3CCCCC3)ccc2OC)cc1OC. The van der Waals surface area contributed by atoms with Crippen LogP contribution >= 0.6 is 0 Å². The van der Waals surface area contributed by atoms with Gasteiger partial charge in [0.2, 0.25) is 10.0 Å². The topological polar surface area (TPSA) is 94.2 Å². The molecule has 1 heterocycles. The molecule has 1 fully saturated rings. The van der Waals surface area contributed by atoms with E-state index in [1.54, 1.807) is 26.4 Å². The van der Waals surface area contributed by atoms with Gasteiger partial charge < -0.3 is 19.5 Å². The highest BCUT2D eigenvalue weighted by Gasteiger charge is 2.27. The van der Waals surface area contributed by atoms with Gasteiger partial charge in [-0.15, -0.1) is 0 Å². The van der Waals surface area contributed by atoms with Gasteiger partial charge in [-0.05, 0) is 48.7 Å². The zero-order chi connectivity index (χ0) is 22.4. The number of sulfonamides is 1.